The summed E-state index contributed by atoms with van der Waals surface area (Å²) < 4.78 is 43.1. The number of hydrogen-bond acceptors (Lipinski definition) is 3. The van der Waals surface area contributed by atoms with Crippen LogP contribution in [0.4, 0.5) is 18.9 Å². The van der Waals surface area contributed by atoms with Crippen molar-refractivity contribution in [1.29, 1.82) is 5.26 Å². The zero-order valence-electron chi connectivity index (χ0n) is 21.4. The maximum absolute atomic E-state index is 13.7. The summed E-state index contributed by atoms with van der Waals surface area (Å²) >= 11 is 5.67. The van der Waals surface area contributed by atoms with Gasteiger partial charge in [0.05, 0.1) is 23.5 Å². The molecular formula is C30H28F3N5S. The fourth-order valence-corrected chi connectivity index (χ4v) is 4.54. The van der Waals surface area contributed by atoms with Crippen molar-refractivity contribution in [3.05, 3.63) is 119 Å². The van der Waals surface area contributed by atoms with Gasteiger partial charge in [-0.2, -0.15) is 18.4 Å². The molecule has 1 N–H and O–H groups in total. The lowest BCUT2D eigenvalue weighted by molar-refractivity contribution is -0.138. The molecule has 0 radical (unpaired) electrons. The average Bonchev–Trinajstić information content (AvgIpc) is 3.36. The molecule has 0 unspecified atom stereocenters. The summed E-state index contributed by atoms with van der Waals surface area (Å²) in [6.45, 7) is 3.06. The van der Waals surface area contributed by atoms with Crippen molar-refractivity contribution in [2.24, 2.45) is 0 Å². The van der Waals surface area contributed by atoms with Crippen molar-refractivity contribution < 1.29 is 13.2 Å². The van der Waals surface area contributed by atoms with Gasteiger partial charge >= 0.3 is 6.18 Å². The molecule has 0 amide bonds. The molecule has 5 nitrogen and oxygen atoms in total. The van der Waals surface area contributed by atoms with Crippen LogP contribution >= 0.6 is 12.2 Å². The van der Waals surface area contributed by atoms with E-state index in [1.54, 1.807) is 35.6 Å². The summed E-state index contributed by atoms with van der Waals surface area (Å²) in [6, 6.07) is 22.8. The number of halogens is 3. The summed E-state index contributed by atoms with van der Waals surface area (Å²) in [5, 5.41) is 12.6. The summed E-state index contributed by atoms with van der Waals surface area (Å²) in [5.74, 6) is 0. The summed E-state index contributed by atoms with van der Waals surface area (Å²) in [7, 11) is 0. The lowest BCUT2D eigenvalue weighted by atomic mass is 10.1. The van der Waals surface area contributed by atoms with Crippen molar-refractivity contribution in [2.45, 2.75) is 39.0 Å². The number of aryl methyl sites for hydroxylation is 2. The predicted molar refractivity (Wildman–Crippen MR) is 150 cm³/mol. The second-order valence-corrected chi connectivity index (χ2v) is 9.68. The van der Waals surface area contributed by atoms with E-state index in [1.807, 2.05) is 47.9 Å². The Bertz CT molecular complexity index is 1440. The van der Waals surface area contributed by atoms with Gasteiger partial charge in [0.2, 0.25) is 0 Å². The number of imidazole rings is 1. The molecule has 0 aliphatic rings. The third-order valence-electron chi connectivity index (χ3n) is 6.37. The van der Waals surface area contributed by atoms with Crippen molar-refractivity contribution >= 4 is 23.0 Å². The Hall–Kier alpha value is -4.16. The first kappa shape index (κ1) is 27.9. The molecule has 39 heavy (non-hydrogen) atoms. The van der Waals surface area contributed by atoms with Crippen LogP contribution < -0.4 is 5.32 Å². The highest BCUT2D eigenvalue weighted by Crippen LogP contribution is 2.32. The maximum atomic E-state index is 13.7. The molecule has 0 bridgehead atoms. The number of anilines is 1. The molecule has 0 saturated heterocycles. The van der Waals surface area contributed by atoms with Gasteiger partial charge in [0.1, 0.15) is 0 Å². The van der Waals surface area contributed by atoms with Crippen LogP contribution in [0, 0.1) is 18.3 Å². The first-order valence-electron chi connectivity index (χ1n) is 12.5. The van der Waals surface area contributed by atoms with E-state index in [2.05, 4.69) is 16.4 Å². The van der Waals surface area contributed by atoms with Gasteiger partial charge in [-0.05, 0) is 73.4 Å². The van der Waals surface area contributed by atoms with E-state index < -0.39 is 11.7 Å². The van der Waals surface area contributed by atoms with E-state index in [0.29, 0.717) is 36.6 Å². The monoisotopic (exact) mass is 547 g/mol. The second-order valence-electron chi connectivity index (χ2n) is 9.30. The number of nitrogens with one attached hydrogen (secondary N) is 1. The number of hydrogen-bond donors (Lipinski definition) is 1. The van der Waals surface area contributed by atoms with Crippen LogP contribution in [0.2, 0.25) is 0 Å². The van der Waals surface area contributed by atoms with Gasteiger partial charge in [0.25, 0.3) is 0 Å². The molecule has 0 atom stereocenters. The smallest absolute Gasteiger partial charge is 0.345 e. The second kappa shape index (κ2) is 12.6. The number of thiocarbonyl (C=S) groups is 1. The van der Waals surface area contributed by atoms with E-state index >= 15 is 0 Å². The van der Waals surface area contributed by atoms with Crippen LogP contribution in [0.25, 0.3) is 0 Å². The van der Waals surface area contributed by atoms with E-state index in [0.717, 1.165) is 28.6 Å². The fraction of sp³-hybridized carbons (Fsp3) is 0.233. The predicted octanol–water partition coefficient (Wildman–Crippen LogP) is 6.96. The molecule has 0 saturated carbocycles. The molecule has 0 aliphatic heterocycles. The Balaban J connectivity index is 1.47. The number of rotatable bonds is 9. The topological polar surface area (TPSA) is 56.9 Å². The minimum Gasteiger partial charge on any atom is -0.345 e. The van der Waals surface area contributed by atoms with E-state index in [-0.39, 0.29) is 12.1 Å². The van der Waals surface area contributed by atoms with Crippen LogP contribution in [0.1, 0.15) is 39.9 Å². The minimum absolute atomic E-state index is 0.0257. The van der Waals surface area contributed by atoms with Gasteiger partial charge in [0, 0.05) is 37.2 Å². The number of benzene rings is 3. The van der Waals surface area contributed by atoms with Crippen LogP contribution in [0.3, 0.4) is 0 Å². The summed E-state index contributed by atoms with van der Waals surface area (Å²) in [5.41, 5.74) is 4.04. The highest BCUT2D eigenvalue weighted by atomic mass is 32.1. The highest BCUT2D eigenvalue weighted by molar-refractivity contribution is 7.80. The molecule has 0 aliphatic carbocycles. The van der Waals surface area contributed by atoms with Crippen molar-refractivity contribution in [3.8, 4) is 6.07 Å². The lowest BCUT2D eigenvalue weighted by Gasteiger charge is -2.27. The van der Waals surface area contributed by atoms with E-state index in [4.69, 9.17) is 17.5 Å². The van der Waals surface area contributed by atoms with Gasteiger partial charge < -0.3 is 14.8 Å². The number of nitrogens with zero attached hydrogens (tertiary/aromatic N) is 4. The third-order valence-corrected chi connectivity index (χ3v) is 6.73. The number of nitriles is 1. The molecular weight excluding hydrogens is 519 g/mol. The minimum atomic E-state index is -4.45. The lowest BCUT2D eigenvalue weighted by Crippen LogP contribution is -2.36. The highest BCUT2D eigenvalue weighted by Gasteiger charge is 2.33. The van der Waals surface area contributed by atoms with Gasteiger partial charge in [-0.25, -0.2) is 4.98 Å². The number of aromatic nitrogens is 2. The zero-order chi connectivity index (χ0) is 27.8. The molecule has 0 spiro atoms. The number of alkyl halides is 3. The SMILES string of the molecule is Cc1ccc(NC(=S)N(CCCc2cncn2Cc2ccc(C#N)cc2)Cc2ccccc2C(F)(F)F)cc1. The average molecular weight is 548 g/mol. The molecule has 1 heterocycles. The van der Waals surface area contributed by atoms with E-state index in [9.17, 15) is 13.2 Å². The quantitative estimate of drug-likeness (QED) is 0.230. The Labute approximate surface area is 231 Å². The van der Waals surface area contributed by atoms with E-state index in [1.165, 1.54) is 12.1 Å². The van der Waals surface area contributed by atoms with Gasteiger partial charge in [-0.15, -0.1) is 0 Å². The molecule has 3 aromatic carbocycles. The van der Waals surface area contributed by atoms with Crippen LogP contribution in [-0.4, -0.2) is 26.1 Å². The van der Waals surface area contributed by atoms with Gasteiger partial charge in [-0.1, -0.05) is 48.0 Å². The van der Waals surface area contributed by atoms with Crippen LogP contribution in [-0.2, 0) is 25.7 Å². The molecule has 200 valence electrons. The van der Waals surface area contributed by atoms with Crippen molar-refractivity contribution in [2.75, 3.05) is 11.9 Å². The normalized spacial score (nSPS) is 11.2. The van der Waals surface area contributed by atoms with Crippen LogP contribution in [0.15, 0.2) is 85.3 Å². The maximum Gasteiger partial charge on any atom is 0.416 e. The first-order chi connectivity index (χ1) is 18.7. The first-order valence-corrected chi connectivity index (χ1v) is 12.9. The van der Waals surface area contributed by atoms with Gasteiger partial charge in [0.15, 0.2) is 5.11 Å². The van der Waals surface area contributed by atoms with Crippen molar-refractivity contribution in [3.63, 3.8) is 0 Å². The summed E-state index contributed by atoms with van der Waals surface area (Å²) in [4.78, 5) is 6.07. The molecule has 0 fully saturated rings. The zero-order valence-corrected chi connectivity index (χ0v) is 22.3. The molecule has 4 aromatic rings. The Kier molecular flexibility index (Phi) is 8.99. The molecule has 1 aromatic heterocycles. The van der Waals surface area contributed by atoms with Gasteiger partial charge in [-0.3, -0.25) is 0 Å². The third kappa shape index (κ3) is 7.68. The Morgan fingerprint density at radius 3 is 2.46 bits per heavy atom. The van der Waals surface area contributed by atoms with Crippen molar-refractivity contribution in [1.82, 2.24) is 14.5 Å². The molecule has 4 rings (SSSR count). The Morgan fingerprint density at radius 2 is 1.77 bits per heavy atom. The standard InChI is InChI=1S/C30H28F3N5S/c1-22-8-14-26(15-9-22)36-29(39)37(20-25-5-2-3-7-28(25)30(31,32)33)16-4-6-27-18-35-21-38(27)19-24-12-10-23(17-34)11-13-24/h2-3,5,7-15,18,21H,4,6,16,19-20H2,1H3,(H,36,39). The molecule has 9 heteroatoms. The summed E-state index contributed by atoms with van der Waals surface area (Å²) in [6.07, 6.45) is 0.431. The largest absolute Gasteiger partial charge is 0.416 e. The fourth-order valence-electron chi connectivity index (χ4n) is 4.26. The Morgan fingerprint density at radius 1 is 1.05 bits per heavy atom. The van der Waals surface area contributed by atoms with Crippen LogP contribution in [0.5, 0.6) is 0 Å².